The monoisotopic (exact) mass is 391 g/mol. The van der Waals surface area contributed by atoms with Gasteiger partial charge >= 0.3 is 0 Å². The molecule has 1 aliphatic heterocycles. The van der Waals surface area contributed by atoms with Crippen LogP contribution in [0.5, 0.6) is 0 Å². The summed E-state index contributed by atoms with van der Waals surface area (Å²) >= 11 is 7.68. The molecular formula is C22H14ClNO2S. The number of anilines is 2. The molecular weight excluding hydrogens is 378 g/mol. The van der Waals surface area contributed by atoms with Crippen molar-refractivity contribution in [2.45, 2.75) is 15.7 Å². The molecule has 0 amide bonds. The molecule has 0 spiro atoms. The van der Waals surface area contributed by atoms with Crippen molar-refractivity contribution in [1.82, 2.24) is 0 Å². The maximum atomic E-state index is 12.9. The lowest BCUT2D eigenvalue weighted by atomic mass is 9.94. The first-order valence-corrected chi connectivity index (χ1v) is 9.76. The number of Topliss-reactive ketones (excluding diaryl/α,β-unsaturated/α-hetero) is 2. The highest BCUT2D eigenvalue weighted by Crippen LogP contribution is 2.48. The van der Waals surface area contributed by atoms with Gasteiger partial charge < -0.3 is 4.90 Å². The lowest BCUT2D eigenvalue weighted by molar-refractivity contribution is 0.0890. The summed E-state index contributed by atoms with van der Waals surface area (Å²) in [5, 5.41) is 0.467. The van der Waals surface area contributed by atoms with Crippen LogP contribution in [0.15, 0.2) is 70.5 Å². The van der Waals surface area contributed by atoms with Crippen LogP contribution in [-0.2, 0) is 0 Å². The second-order valence-electron chi connectivity index (χ2n) is 6.71. The number of nitrogens with zero attached hydrogens (tertiary/aromatic N) is 1. The van der Waals surface area contributed by atoms with Crippen molar-refractivity contribution < 1.29 is 9.59 Å². The van der Waals surface area contributed by atoms with Gasteiger partial charge in [0.25, 0.3) is 0 Å². The van der Waals surface area contributed by atoms with Gasteiger partial charge in [-0.3, -0.25) is 9.59 Å². The zero-order valence-electron chi connectivity index (χ0n) is 14.4. The van der Waals surface area contributed by atoms with E-state index in [0.29, 0.717) is 16.1 Å². The first-order valence-electron chi connectivity index (χ1n) is 8.57. The molecule has 0 fully saturated rings. The number of hydrogen-bond donors (Lipinski definition) is 0. The third-order valence-corrected chi connectivity index (χ3v) is 6.51. The van der Waals surface area contributed by atoms with E-state index in [9.17, 15) is 9.59 Å². The third-order valence-electron chi connectivity index (χ3n) is 5.16. The first kappa shape index (κ1) is 16.6. The summed E-state index contributed by atoms with van der Waals surface area (Å²) in [7, 11) is 2.03. The quantitative estimate of drug-likeness (QED) is 0.496. The summed E-state index contributed by atoms with van der Waals surface area (Å²) < 4.78 is 0. The van der Waals surface area contributed by atoms with Crippen LogP contribution in [-0.4, -0.2) is 18.6 Å². The van der Waals surface area contributed by atoms with E-state index in [1.165, 1.54) is 0 Å². The number of carbonyl (C=O) groups excluding carboxylic acids is 2. The number of para-hydroxylation sites is 1. The molecule has 1 heterocycles. The van der Waals surface area contributed by atoms with Crippen LogP contribution in [0.3, 0.4) is 0 Å². The normalized spacial score (nSPS) is 17.6. The van der Waals surface area contributed by atoms with Crippen molar-refractivity contribution in [3.05, 3.63) is 82.4 Å². The fourth-order valence-electron chi connectivity index (χ4n) is 3.81. The summed E-state index contributed by atoms with van der Waals surface area (Å²) in [6, 6.07) is 18.9. The van der Waals surface area contributed by atoms with Gasteiger partial charge in [0, 0.05) is 33.0 Å². The van der Waals surface area contributed by atoms with Gasteiger partial charge in [-0.1, -0.05) is 41.6 Å². The van der Waals surface area contributed by atoms with Crippen molar-refractivity contribution in [2.24, 2.45) is 0 Å². The van der Waals surface area contributed by atoms with Gasteiger partial charge in [0.15, 0.2) is 11.6 Å². The molecule has 0 radical (unpaired) electrons. The van der Waals surface area contributed by atoms with Gasteiger partial charge in [0.05, 0.1) is 11.4 Å². The van der Waals surface area contributed by atoms with Crippen molar-refractivity contribution in [2.75, 3.05) is 11.9 Å². The molecule has 0 N–H and O–H groups in total. The highest BCUT2D eigenvalue weighted by molar-refractivity contribution is 7.99. The highest BCUT2D eigenvalue weighted by Gasteiger charge is 2.40. The van der Waals surface area contributed by atoms with Gasteiger partial charge in [0.1, 0.15) is 5.92 Å². The Morgan fingerprint density at radius 2 is 1.59 bits per heavy atom. The zero-order chi connectivity index (χ0) is 18.7. The smallest absolute Gasteiger partial charge is 0.178 e. The first-order chi connectivity index (χ1) is 13.0. The maximum Gasteiger partial charge on any atom is 0.178 e. The Hall–Kier alpha value is -2.56. The molecule has 0 unspecified atom stereocenters. The minimum atomic E-state index is -0.785. The second kappa shape index (κ2) is 5.98. The molecule has 132 valence electrons. The SMILES string of the molecule is CN1c2ccccc2Sc2cc([C@H]3C(=O)c4ccc(Cl)cc4C3=O)ccc21. The largest absolute Gasteiger partial charge is 0.343 e. The van der Waals surface area contributed by atoms with Crippen molar-refractivity contribution >= 4 is 46.3 Å². The van der Waals surface area contributed by atoms with Crippen LogP contribution in [0.25, 0.3) is 0 Å². The van der Waals surface area contributed by atoms with Crippen LogP contribution in [0.1, 0.15) is 32.2 Å². The molecule has 1 atom stereocenters. The minimum absolute atomic E-state index is 0.152. The molecule has 0 saturated heterocycles. The zero-order valence-corrected chi connectivity index (χ0v) is 16.0. The molecule has 5 rings (SSSR count). The maximum absolute atomic E-state index is 12.9. The number of carbonyl (C=O) groups is 2. The summed E-state index contributed by atoms with van der Waals surface area (Å²) in [5.74, 6) is -1.11. The molecule has 2 aliphatic rings. The average Bonchev–Trinajstić information content (AvgIpc) is 2.91. The van der Waals surface area contributed by atoms with Gasteiger partial charge in [-0.25, -0.2) is 0 Å². The highest BCUT2D eigenvalue weighted by atomic mass is 35.5. The number of benzene rings is 3. The van der Waals surface area contributed by atoms with Gasteiger partial charge in [-0.2, -0.15) is 0 Å². The molecule has 3 aromatic rings. The summed E-state index contributed by atoms with van der Waals surface area (Å²) in [6.07, 6.45) is 0. The molecule has 3 nitrogen and oxygen atoms in total. The van der Waals surface area contributed by atoms with E-state index in [-0.39, 0.29) is 11.6 Å². The average molecular weight is 392 g/mol. The van der Waals surface area contributed by atoms with Crippen molar-refractivity contribution in [3.8, 4) is 0 Å². The lowest BCUT2D eigenvalue weighted by Crippen LogP contribution is -2.16. The van der Waals surface area contributed by atoms with Gasteiger partial charge in [0.2, 0.25) is 0 Å². The molecule has 0 bridgehead atoms. The molecule has 5 heteroatoms. The third kappa shape index (κ3) is 2.44. The molecule has 1 aliphatic carbocycles. The Balaban J connectivity index is 1.58. The summed E-state index contributed by atoms with van der Waals surface area (Å²) in [6.45, 7) is 0. The van der Waals surface area contributed by atoms with Crippen LogP contribution in [0, 0.1) is 0 Å². The van der Waals surface area contributed by atoms with Gasteiger partial charge in [-0.05, 0) is 48.0 Å². The number of fused-ring (bicyclic) bond motifs is 3. The summed E-state index contributed by atoms with van der Waals surface area (Å²) in [4.78, 5) is 30.1. The number of hydrogen-bond acceptors (Lipinski definition) is 4. The van der Waals surface area contributed by atoms with Crippen LogP contribution < -0.4 is 4.90 Å². The number of halogens is 1. The Morgan fingerprint density at radius 1 is 0.852 bits per heavy atom. The Kier molecular flexibility index (Phi) is 3.67. The Bertz CT molecular complexity index is 1140. The van der Waals surface area contributed by atoms with Crippen molar-refractivity contribution in [3.63, 3.8) is 0 Å². The topological polar surface area (TPSA) is 37.4 Å². The molecule has 0 saturated carbocycles. The number of rotatable bonds is 1. The minimum Gasteiger partial charge on any atom is -0.343 e. The van der Waals surface area contributed by atoms with E-state index in [2.05, 4.69) is 17.0 Å². The predicted molar refractivity (Wildman–Crippen MR) is 108 cm³/mol. The van der Waals surface area contributed by atoms with E-state index in [1.807, 2.05) is 37.4 Å². The molecule has 0 aromatic heterocycles. The van der Waals surface area contributed by atoms with E-state index < -0.39 is 5.92 Å². The van der Waals surface area contributed by atoms with Crippen molar-refractivity contribution in [1.29, 1.82) is 0 Å². The Morgan fingerprint density at radius 3 is 2.44 bits per heavy atom. The number of ketones is 2. The predicted octanol–water partition coefficient (Wildman–Crippen LogP) is 5.74. The van der Waals surface area contributed by atoms with Crippen LogP contribution in [0.2, 0.25) is 5.02 Å². The van der Waals surface area contributed by atoms with E-state index >= 15 is 0 Å². The second-order valence-corrected chi connectivity index (χ2v) is 8.23. The fraction of sp³-hybridized carbons (Fsp3) is 0.0909. The van der Waals surface area contributed by atoms with E-state index in [1.54, 1.807) is 30.0 Å². The van der Waals surface area contributed by atoms with E-state index in [4.69, 9.17) is 11.6 Å². The molecule has 3 aromatic carbocycles. The van der Waals surface area contributed by atoms with E-state index in [0.717, 1.165) is 26.7 Å². The summed E-state index contributed by atoms with van der Waals surface area (Å²) in [5.41, 5.74) is 3.84. The fourth-order valence-corrected chi connectivity index (χ4v) is 5.18. The van der Waals surface area contributed by atoms with Crippen LogP contribution >= 0.6 is 23.4 Å². The lowest BCUT2D eigenvalue weighted by Gasteiger charge is -2.30. The molecule has 27 heavy (non-hydrogen) atoms. The van der Waals surface area contributed by atoms with Gasteiger partial charge in [-0.15, -0.1) is 0 Å². The van der Waals surface area contributed by atoms with Crippen LogP contribution in [0.4, 0.5) is 11.4 Å². The Labute approximate surface area is 166 Å². The standard InChI is InChI=1S/C22H14ClNO2S/c1-24-16-4-2-3-5-18(16)27-19-10-12(6-9-17(19)24)20-21(25)14-8-7-13(23)11-15(14)22(20)26/h2-11,20H,1H3/t20-/m0/s1.